The zero-order valence-electron chi connectivity index (χ0n) is 16.2. The monoisotopic (exact) mass is 397 g/mol. The summed E-state index contributed by atoms with van der Waals surface area (Å²) in [6.45, 7) is 4.60. The number of hydrogen-bond donors (Lipinski definition) is 1. The van der Waals surface area contributed by atoms with Crippen LogP contribution in [0.25, 0.3) is 11.3 Å². The SMILES string of the molecule is CCCCN(C)Cc1cn[nH]c1-c1cc(OC2CCOC2)cc(C(F)(F)F)c1. The van der Waals surface area contributed by atoms with Crippen molar-refractivity contribution in [2.75, 3.05) is 26.8 Å². The second-order valence-electron chi connectivity index (χ2n) is 7.21. The zero-order valence-corrected chi connectivity index (χ0v) is 16.2. The number of alkyl halides is 3. The fraction of sp³-hybridized carbons (Fsp3) is 0.550. The van der Waals surface area contributed by atoms with E-state index in [0.717, 1.165) is 37.1 Å². The van der Waals surface area contributed by atoms with E-state index in [2.05, 4.69) is 22.0 Å². The molecule has 154 valence electrons. The lowest BCUT2D eigenvalue weighted by Gasteiger charge is -2.18. The molecule has 1 unspecified atom stereocenters. The minimum atomic E-state index is -4.46. The van der Waals surface area contributed by atoms with E-state index in [0.29, 0.717) is 37.4 Å². The number of rotatable bonds is 8. The molecule has 1 saturated heterocycles. The number of hydrogen-bond acceptors (Lipinski definition) is 4. The lowest BCUT2D eigenvalue weighted by molar-refractivity contribution is -0.137. The minimum absolute atomic E-state index is 0.195. The van der Waals surface area contributed by atoms with Crippen LogP contribution in [0.3, 0.4) is 0 Å². The number of aromatic nitrogens is 2. The highest BCUT2D eigenvalue weighted by atomic mass is 19.4. The van der Waals surface area contributed by atoms with Gasteiger partial charge in [0.1, 0.15) is 11.9 Å². The summed E-state index contributed by atoms with van der Waals surface area (Å²) in [6, 6.07) is 3.82. The van der Waals surface area contributed by atoms with Gasteiger partial charge in [-0.1, -0.05) is 13.3 Å². The van der Waals surface area contributed by atoms with Crippen molar-refractivity contribution in [3.63, 3.8) is 0 Å². The van der Waals surface area contributed by atoms with Crippen LogP contribution >= 0.6 is 0 Å². The van der Waals surface area contributed by atoms with Crippen LogP contribution in [0.2, 0.25) is 0 Å². The maximum Gasteiger partial charge on any atom is 0.416 e. The topological polar surface area (TPSA) is 50.4 Å². The summed E-state index contributed by atoms with van der Waals surface area (Å²) in [7, 11) is 1.99. The van der Waals surface area contributed by atoms with E-state index in [1.807, 2.05) is 7.05 Å². The molecule has 28 heavy (non-hydrogen) atoms. The summed E-state index contributed by atoms with van der Waals surface area (Å²) in [4.78, 5) is 2.14. The fourth-order valence-corrected chi connectivity index (χ4v) is 3.25. The van der Waals surface area contributed by atoms with Crippen LogP contribution in [0, 0.1) is 0 Å². The van der Waals surface area contributed by atoms with Crippen molar-refractivity contribution in [3.8, 4) is 17.0 Å². The first-order chi connectivity index (χ1) is 13.4. The average molecular weight is 397 g/mol. The summed E-state index contributed by atoms with van der Waals surface area (Å²) in [6.07, 6.45) is -0.195. The Kier molecular flexibility index (Phi) is 6.61. The van der Waals surface area contributed by atoms with Crippen LogP contribution in [0.1, 0.15) is 37.3 Å². The lowest BCUT2D eigenvalue weighted by atomic mass is 10.0. The Morgan fingerprint density at radius 3 is 2.82 bits per heavy atom. The lowest BCUT2D eigenvalue weighted by Crippen LogP contribution is -2.19. The van der Waals surface area contributed by atoms with Gasteiger partial charge in [-0.2, -0.15) is 18.3 Å². The Balaban J connectivity index is 1.89. The van der Waals surface area contributed by atoms with Gasteiger partial charge in [0.25, 0.3) is 0 Å². The molecule has 0 saturated carbocycles. The first-order valence-corrected chi connectivity index (χ1v) is 9.54. The highest BCUT2D eigenvalue weighted by Crippen LogP contribution is 2.36. The van der Waals surface area contributed by atoms with E-state index in [1.165, 1.54) is 0 Å². The van der Waals surface area contributed by atoms with Crippen LogP contribution in [0.4, 0.5) is 13.2 Å². The number of nitrogens with one attached hydrogen (secondary N) is 1. The number of aromatic amines is 1. The molecule has 3 rings (SSSR count). The molecule has 0 radical (unpaired) electrons. The molecule has 1 N–H and O–H groups in total. The molecule has 1 fully saturated rings. The van der Waals surface area contributed by atoms with Crippen LogP contribution in [-0.2, 0) is 17.5 Å². The summed E-state index contributed by atoms with van der Waals surface area (Å²) in [5, 5.41) is 6.92. The maximum absolute atomic E-state index is 13.4. The molecule has 0 aliphatic carbocycles. The van der Waals surface area contributed by atoms with Crippen molar-refractivity contribution in [3.05, 3.63) is 35.5 Å². The van der Waals surface area contributed by atoms with Gasteiger partial charge >= 0.3 is 6.18 Å². The standard InChI is InChI=1S/C20H26F3N3O2/c1-3-4-6-26(2)12-15-11-24-25-19(15)14-8-16(20(21,22)23)10-18(9-14)28-17-5-7-27-13-17/h8-11,17H,3-7,12-13H2,1-2H3,(H,24,25). The van der Waals surface area contributed by atoms with E-state index in [9.17, 15) is 13.2 Å². The highest BCUT2D eigenvalue weighted by molar-refractivity contribution is 5.66. The third kappa shape index (κ3) is 5.26. The molecule has 0 bridgehead atoms. The van der Waals surface area contributed by atoms with Crippen molar-refractivity contribution in [1.82, 2.24) is 15.1 Å². The molecule has 1 aliphatic heterocycles. The first kappa shape index (κ1) is 20.7. The molecular formula is C20H26F3N3O2. The third-order valence-corrected chi connectivity index (χ3v) is 4.76. The van der Waals surface area contributed by atoms with Gasteiger partial charge in [-0.3, -0.25) is 5.10 Å². The van der Waals surface area contributed by atoms with Crippen molar-refractivity contribution in [2.45, 2.75) is 45.0 Å². The smallest absolute Gasteiger partial charge is 0.416 e. The summed E-state index contributed by atoms with van der Waals surface area (Å²) in [5.74, 6) is 0.195. The van der Waals surface area contributed by atoms with Crippen molar-refractivity contribution >= 4 is 0 Å². The molecule has 1 atom stereocenters. The van der Waals surface area contributed by atoms with E-state index in [-0.39, 0.29) is 11.9 Å². The summed E-state index contributed by atoms with van der Waals surface area (Å²) >= 11 is 0. The van der Waals surface area contributed by atoms with Gasteiger partial charge in [-0.05, 0) is 38.2 Å². The molecule has 2 aromatic rings. The van der Waals surface area contributed by atoms with E-state index in [1.54, 1.807) is 12.3 Å². The van der Waals surface area contributed by atoms with Crippen LogP contribution in [0.15, 0.2) is 24.4 Å². The molecule has 1 aromatic carbocycles. The van der Waals surface area contributed by atoms with Crippen molar-refractivity contribution in [2.24, 2.45) is 0 Å². The number of halogens is 3. The average Bonchev–Trinajstić information content (AvgIpc) is 3.31. The van der Waals surface area contributed by atoms with Gasteiger partial charge in [-0.25, -0.2) is 0 Å². The number of benzene rings is 1. The maximum atomic E-state index is 13.4. The largest absolute Gasteiger partial charge is 0.488 e. The number of ether oxygens (including phenoxy) is 2. The summed E-state index contributed by atoms with van der Waals surface area (Å²) in [5.41, 5.74) is 1.12. The molecule has 8 heteroatoms. The summed E-state index contributed by atoms with van der Waals surface area (Å²) < 4.78 is 51.3. The Bertz CT molecular complexity index is 770. The number of nitrogens with zero attached hydrogens (tertiary/aromatic N) is 2. The Morgan fingerprint density at radius 2 is 2.14 bits per heavy atom. The van der Waals surface area contributed by atoms with E-state index < -0.39 is 11.7 Å². The van der Waals surface area contributed by atoms with Crippen LogP contribution < -0.4 is 4.74 Å². The van der Waals surface area contributed by atoms with Gasteiger partial charge in [-0.15, -0.1) is 0 Å². The van der Waals surface area contributed by atoms with Crippen LogP contribution in [0.5, 0.6) is 5.75 Å². The molecule has 5 nitrogen and oxygen atoms in total. The minimum Gasteiger partial charge on any atom is -0.488 e. The van der Waals surface area contributed by atoms with E-state index >= 15 is 0 Å². The second-order valence-corrected chi connectivity index (χ2v) is 7.21. The predicted octanol–water partition coefficient (Wildman–Crippen LogP) is 4.50. The van der Waals surface area contributed by atoms with Gasteiger partial charge < -0.3 is 14.4 Å². The Morgan fingerprint density at radius 1 is 1.32 bits per heavy atom. The van der Waals surface area contributed by atoms with Gasteiger partial charge in [0, 0.05) is 24.1 Å². The predicted molar refractivity (Wildman–Crippen MR) is 100 cm³/mol. The molecule has 1 aliphatic rings. The van der Waals surface area contributed by atoms with Gasteiger partial charge in [0.15, 0.2) is 0 Å². The quantitative estimate of drug-likeness (QED) is 0.713. The molecule has 1 aromatic heterocycles. The van der Waals surface area contributed by atoms with Gasteiger partial charge in [0.05, 0.1) is 30.7 Å². The van der Waals surface area contributed by atoms with Gasteiger partial charge in [0.2, 0.25) is 0 Å². The third-order valence-electron chi connectivity index (χ3n) is 4.76. The molecule has 0 spiro atoms. The first-order valence-electron chi connectivity index (χ1n) is 9.54. The fourth-order valence-electron chi connectivity index (χ4n) is 3.25. The normalized spacial score (nSPS) is 17.4. The van der Waals surface area contributed by atoms with Crippen molar-refractivity contribution < 1.29 is 22.6 Å². The molecule has 0 amide bonds. The van der Waals surface area contributed by atoms with Crippen LogP contribution in [-0.4, -0.2) is 48.0 Å². The van der Waals surface area contributed by atoms with E-state index in [4.69, 9.17) is 9.47 Å². The Hall–Kier alpha value is -2.06. The number of unbranched alkanes of at least 4 members (excludes halogenated alkanes) is 1. The molecular weight excluding hydrogens is 371 g/mol. The Labute approximate surface area is 162 Å². The highest BCUT2D eigenvalue weighted by Gasteiger charge is 2.32. The zero-order chi connectivity index (χ0) is 20.1. The molecule has 2 heterocycles. The second kappa shape index (κ2) is 8.96. The number of H-pyrrole nitrogens is 1. The van der Waals surface area contributed by atoms with Crippen molar-refractivity contribution in [1.29, 1.82) is 0 Å².